The number of aromatic nitrogens is 1. The van der Waals surface area contributed by atoms with E-state index in [9.17, 15) is 10.1 Å². The molecule has 1 aromatic heterocycles. The topological polar surface area (TPSA) is 80.1 Å². The first kappa shape index (κ1) is 8.89. The van der Waals surface area contributed by atoms with Crippen LogP contribution in [0, 0.1) is 10.1 Å². The Morgan fingerprint density at radius 2 is 2.43 bits per heavy atom. The van der Waals surface area contributed by atoms with Crippen LogP contribution < -0.4 is 10.6 Å². The Hall–Kier alpha value is -1.69. The number of pyridine rings is 1. The molecule has 1 aromatic rings. The van der Waals surface area contributed by atoms with E-state index in [1.807, 2.05) is 0 Å². The number of nitrogens with zero attached hydrogens (tertiary/aromatic N) is 2. The smallest absolute Gasteiger partial charge is 0.274 e. The first-order valence-corrected chi connectivity index (χ1v) is 4.33. The fourth-order valence-electron chi connectivity index (χ4n) is 1.21. The Labute approximate surface area is 80.5 Å². The zero-order valence-corrected chi connectivity index (χ0v) is 7.43. The van der Waals surface area contributed by atoms with Crippen molar-refractivity contribution in [3.8, 4) is 0 Å². The van der Waals surface area contributed by atoms with Crippen LogP contribution in [0.3, 0.4) is 0 Å². The van der Waals surface area contributed by atoms with Crippen molar-refractivity contribution < 1.29 is 4.92 Å². The van der Waals surface area contributed by atoms with Gasteiger partial charge in [-0.15, -0.1) is 0 Å². The summed E-state index contributed by atoms with van der Waals surface area (Å²) in [7, 11) is 0. The molecule has 14 heavy (non-hydrogen) atoms. The molecule has 2 heterocycles. The molecule has 0 atom stereocenters. The van der Waals surface area contributed by atoms with E-state index in [1.54, 1.807) is 0 Å². The van der Waals surface area contributed by atoms with Gasteiger partial charge in [-0.3, -0.25) is 10.1 Å². The van der Waals surface area contributed by atoms with E-state index in [0.717, 1.165) is 13.1 Å². The Bertz CT molecular complexity index is 351. The minimum Gasteiger partial charge on any atom is -0.365 e. The summed E-state index contributed by atoms with van der Waals surface area (Å²) >= 11 is 0. The highest BCUT2D eigenvalue weighted by atomic mass is 16.6. The van der Waals surface area contributed by atoms with E-state index in [1.165, 1.54) is 18.3 Å². The maximum Gasteiger partial charge on any atom is 0.274 e. The largest absolute Gasteiger partial charge is 0.365 e. The van der Waals surface area contributed by atoms with Gasteiger partial charge in [-0.25, -0.2) is 4.98 Å². The van der Waals surface area contributed by atoms with Crippen LogP contribution in [-0.2, 0) is 0 Å². The molecule has 1 saturated heterocycles. The summed E-state index contributed by atoms with van der Waals surface area (Å²) < 4.78 is 0. The van der Waals surface area contributed by atoms with E-state index in [4.69, 9.17) is 0 Å². The van der Waals surface area contributed by atoms with Crippen molar-refractivity contribution in [2.24, 2.45) is 0 Å². The molecular formula is C8H10N4O2. The van der Waals surface area contributed by atoms with Gasteiger partial charge in [0.1, 0.15) is 5.82 Å². The Kier molecular flexibility index (Phi) is 2.28. The van der Waals surface area contributed by atoms with Gasteiger partial charge in [0.15, 0.2) is 0 Å². The summed E-state index contributed by atoms with van der Waals surface area (Å²) in [5.74, 6) is 0.561. The second kappa shape index (κ2) is 3.59. The van der Waals surface area contributed by atoms with E-state index in [0.29, 0.717) is 11.9 Å². The average molecular weight is 194 g/mol. The molecule has 6 heteroatoms. The highest BCUT2D eigenvalue weighted by molar-refractivity contribution is 5.45. The first-order valence-electron chi connectivity index (χ1n) is 4.33. The molecule has 0 aliphatic carbocycles. The van der Waals surface area contributed by atoms with Crippen molar-refractivity contribution in [3.05, 3.63) is 28.4 Å². The predicted octanol–water partition coefficient (Wildman–Crippen LogP) is 0.373. The number of hydrogen-bond acceptors (Lipinski definition) is 5. The number of nitrogens with one attached hydrogen (secondary N) is 2. The van der Waals surface area contributed by atoms with Crippen molar-refractivity contribution in [2.45, 2.75) is 6.04 Å². The summed E-state index contributed by atoms with van der Waals surface area (Å²) in [5, 5.41) is 16.7. The molecule has 0 unspecified atom stereocenters. The molecular weight excluding hydrogens is 184 g/mol. The Balaban J connectivity index is 2.09. The van der Waals surface area contributed by atoms with Crippen LogP contribution >= 0.6 is 0 Å². The van der Waals surface area contributed by atoms with Gasteiger partial charge in [0, 0.05) is 25.4 Å². The van der Waals surface area contributed by atoms with Crippen molar-refractivity contribution >= 4 is 11.5 Å². The molecule has 0 bridgehead atoms. The van der Waals surface area contributed by atoms with Gasteiger partial charge in [-0.2, -0.15) is 0 Å². The molecule has 6 nitrogen and oxygen atoms in total. The lowest BCUT2D eigenvalue weighted by Crippen LogP contribution is -2.51. The summed E-state index contributed by atoms with van der Waals surface area (Å²) in [6, 6.07) is 3.16. The van der Waals surface area contributed by atoms with Crippen molar-refractivity contribution in [2.75, 3.05) is 18.4 Å². The SMILES string of the molecule is O=[N+]([O-])c1ccnc(NC2CNC2)c1. The van der Waals surface area contributed by atoms with Crippen LogP contribution in [0.1, 0.15) is 0 Å². The first-order chi connectivity index (χ1) is 6.75. The molecule has 2 rings (SSSR count). The van der Waals surface area contributed by atoms with Gasteiger partial charge < -0.3 is 10.6 Å². The molecule has 1 aliphatic heterocycles. The number of nitro groups is 1. The van der Waals surface area contributed by atoms with Crippen LogP contribution in [0.5, 0.6) is 0 Å². The molecule has 0 spiro atoms. The fraction of sp³-hybridized carbons (Fsp3) is 0.375. The van der Waals surface area contributed by atoms with E-state index in [2.05, 4.69) is 15.6 Å². The Morgan fingerprint density at radius 3 is 3.00 bits per heavy atom. The van der Waals surface area contributed by atoms with Crippen LogP contribution in [-0.4, -0.2) is 29.0 Å². The molecule has 74 valence electrons. The Morgan fingerprint density at radius 1 is 1.64 bits per heavy atom. The molecule has 0 radical (unpaired) electrons. The normalized spacial score (nSPS) is 16.0. The number of rotatable bonds is 3. The second-order valence-corrected chi connectivity index (χ2v) is 3.16. The van der Waals surface area contributed by atoms with Gasteiger partial charge >= 0.3 is 0 Å². The monoisotopic (exact) mass is 194 g/mol. The zero-order chi connectivity index (χ0) is 9.97. The number of anilines is 1. The minimum atomic E-state index is -0.425. The lowest BCUT2D eigenvalue weighted by Gasteiger charge is -2.28. The van der Waals surface area contributed by atoms with E-state index >= 15 is 0 Å². The number of hydrogen-bond donors (Lipinski definition) is 2. The second-order valence-electron chi connectivity index (χ2n) is 3.16. The third kappa shape index (κ3) is 1.80. The van der Waals surface area contributed by atoms with Crippen molar-refractivity contribution in [3.63, 3.8) is 0 Å². The lowest BCUT2D eigenvalue weighted by molar-refractivity contribution is -0.384. The van der Waals surface area contributed by atoms with Gasteiger partial charge in [0.05, 0.1) is 17.0 Å². The molecule has 1 fully saturated rings. The van der Waals surface area contributed by atoms with Crippen molar-refractivity contribution in [1.82, 2.24) is 10.3 Å². The van der Waals surface area contributed by atoms with Crippen LogP contribution in [0.15, 0.2) is 18.3 Å². The summed E-state index contributed by atoms with van der Waals surface area (Å²) in [5.41, 5.74) is 0.0646. The third-order valence-electron chi connectivity index (χ3n) is 2.09. The maximum absolute atomic E-state index is 10.5. The average Bonchev–Trinajstić information content (AvgIpc) is 2.12. The highest BCUT2D eigenvalue weighted by Crippen LogP contribution is 2.15. The summed E-state index contributed by atoms with van der Waals surface area (Å²) in [6.07, 6.45) is 1.44. The lowest BCUT2D eigenvalue weighted by atomic mass is 10.2. The van der Waals surface area contributed by atoms with Gasteiger partial charge in [0.2, 0.25) is 0 Å². The quantitative estimate of drug-likeness (QED) is 0.537. The minimum absolute atomic E-state index is 0.0646. The van der Waals surface area contributed by atoms with E-state index in [-0.39, 0.29) is 5.69 Å². The molecule has 1 aliphatic rings. The highest BCUT2D eigenvalue weighted by Gasteiger charge is 2.17. The predicted molar refractivity (Wildman–Crippen MR) is 51.2 cm³/mol. The maximum atomic E-state index is 10.5. The summed E-state index contributed by atoms with van der Waals surface area (Å²) in [4.78, 5) is 14.0. The van der Waals surface area contributed by atoms with Gasteiger partial charge in [-0.1, -0.05) is 0 Å². The third-order valence-corrected chi connectivity index (χ3v) is 2.09. The molecule has 0 saturated carbocycles. The van der Waals surface area contributed by atoms with Crippen LogP contribution in [0.25, 0.3) is 0 Å². The molecule has 0 aromatic carbocycles. The van der Waals surface area contributed by atoms with Gasteiger partial charge in [-0.05, 0) is 0 Å². The molecule has 0 amide bonds. The fourth-order valence-corrected chi connectivity index (χ4v) is 1.21. The van der Waals surface area contributed by atoms with Crippen molar-refractivity contribution in [1.29, 1.82) is 0 Å². The van der Waals surface area contributed by atoms with Crippen LogP contribution in [0.2, 0.25) is 0 Å². The van der Waals surface area contributed by atoms with E-state index < -0.39 is 4.92 Å². The van der Waals surface area contributed by atoms with Gasteiger partial charge in [0.25, 0.3) is 5.69 Å². The summed E-state index contributed by atoms with van der Waals surface area (Å²) in [6.45, 7) is 1.76. The molecule has 2 N–H and O–H groups in total. The zero-order valence-electron chi connectivity index (χ0n) is 7.43. The van der Waals surface area contributed by atoms with Crippen LogP contribution in [0.4, 0.5) is 11.5 Å². The standard InChI is InChI=1S/C8H10N4O2/c13-12(14)7-1-2-10-8(3-7)11-6-4-9-5-6/h1-3,6,9H,4-5H2,(H,10,11).